The molecule has 2 saturated heterocycles. The summed E-state index contributed by atoms with van der Waals surface area (Å²) >= 11 is 8.24. The Hall–Kier alpha value is -1.46. The third-order valence-electron chi connectivity index (χ3n) is 7.02. The molecular formula is C29H46ClN3O5S2. The van der Waals surface area contributed by atoms with Crippen molar-refractivity contribution in [1.29, 1.82) is 0 Å². The highest BCUT2D eigenvalue weighted by atomic mass is 35.5. The van der Waals surface area contributed by atoms with Gasteiger partial charge in [-0.05, 0) is 91.3 Å². The molecule has 8 nitrogen and oxygen atoms in total. The van der Waals surface area contributed by atoms with Crippen molar-refractivity contribution in [3.63, 3.8) is 0 Å². The molecule has 0 bridgehead atoms. The molecule has 2 atom stereocenters. The van der Waals surface area contributed by atoms with Crippen molar-refractivity contribution in [3.05, 3.63) is 40.9 Å². The molecule has 1 amide bonds. The lowest BCUT2D eigenvalue weighted by Crippen LogP contribution is -2.46. The Morgan fingerprint density at radius 2 is 1.82 bits per heavy atom. The number of benzene rings is 1. The van der Waals surface area contributed by atoms with Gasteiger partial charge in [0.15, 0.2) is 0 Å². The Morgan fingerprint density at radius 1 is 1.18 bits per heavy atom. The Kier molecular flexibility index (Phi) is 10.9. The number of carbonyl (C=O) groups excluding carboxylic acids is 1. The van der Waals surface area contributed by atoms with Crippen molar-refractivity contribution in [2.24, 2.45) is 5.92 Å². The van der Waals surface area contributed by atoms with Crippen LogP contribution in [0, 0.1) is 12.8 Å². The van der Waals surface area contributed by atoms with Crippen LogP contribution in [0.1, 0.15) is 78.0 Å². The minimum absolute atomic E-state index is 0.0264. The van der Waals surface area contributed by atoms with Gasteiger partial charge < -0.3 is 14.4 Å². The van der Waals surface area contributed by atoms with Crippen molar-refractivity contribution < 1.29 is 22.7 Å². The van der Waals surface area contributed by atoms with E-state index in [-0.39, 0.29) is 23.3 Å². The van der Waals surface area contributed by atoms with Crippen LogP contribution in [0.25, 0.3) is 0 Å². The van der Waals surface area contributed by atoms with Gasteiger partial charge in [-0.15, -0.1) is 0 Å². The number of likely N-dealkylation sites (tertiary alicyclic amines) is 1. The van der Waals surface area contributed by atoms with E-state index in [1.54, 1.807) is 43.1 Å². The van der Waals surface area contributed by atoms with Crippen LogP contribution in [0.3, 0.4) is 0 Å². The minimum atomic E-state index is -3.55. The summed E-state index contributed by atoms with van der Waals surface area (Å²) in [5, 5.41) is 0.0565. The molecule has 0 aromatic heterocycles. The average molecular weight is 616 g/mol. The van der Waals surface area contributed by atoms with Crippen LogP contribution < -0.4 is 9.46 Å². The van der Waals surface area contributed by atoms with Gasteiger partial charge in [0.05, 0.1) is 5.25 Å². The highest BCUT2D eigenvalue weighted by molar-refractivity contribution is 7.98. The standard InChI is InChI=1S/C29H46ClN3O5S2/c1-9-16-37-25-17-20(2)24(30)18-23(25)26(31-39-29(6,7)8)21-10-14-33(15-11-21)40(35,36)22-12-13-32(19-22)27(34)38-28(3,4)5/h9,17-18,21-22,26,31H,1,10-16,19H2,2-8H3. The van der Waals surface area contributed by atoms with Gasteiger partial charge in [-0.1, -0.05) is 36.2 Å². The number of hydrogen-bond donors (Lipinski definition) is 1. The van der Waals surface area contributed by atoms with Crippen molar-refractivity contribution in [2.45, 2.75) is 89.4 Å². The van der Waals surface area contributed by atoms with Crippen LogP contribution in [0.2, 0.25) is 5.02 Å². The van der Waals surface area contributed by atoms with Gasteiger partial charge in [-0.2, -0.15) is 0 Å². The molecule has 0 spiro atoms. The summed E-state index contributed by atoms with van der Waals surface area (Å²) in [4.78, 5) is 14.0. The van der Waals surface area contributed by atoms with Crippen LogP contribution in [0.4, 0.5) is 4.79 Å². The zero-order valence-electron chi connectivity index (χ0n) is 25.0. The Labute approximate surface area is 250 Å². The van der Waals surface area contributed by atoms with Crippen LogP contribution in [0.15, 0.2) is 24.8 Å². The van der Waals surface area contributed by atoms with Gasteiger partial charge >= 0.3 is 6.09 Å². The maximum atomic E-state index is 13.6. The Balaban J connectivity index is 1.75. The first-order chi connectivity index (χ1) is 18.5. The molecule has 2 aliphatic rings. The summed E-state index contributed by atoms with van der Waals surface area (Å²) in [7, 11) is -3.55. The van der Waals surface area contributed by atoms with E-state index in [4.69, 9.17) is 21.1 Å². The SMILES string of the molecule is C=CCOc1cc(C)c(Cl)cc1C(NSC(C)(C)C)C1CCN(S(=O)(=O)C2CCN(C(=O)OC(C)(C)C)C2)CC1. The maximum Gasteiger partial charge on any atom is 0.410 e. The summed E-state index contributed by atoms with van der Waals surface area (Å²) < 4.78 is 43.9. The monoisotopic (exact) mass is 615 g/mol. The average Bonchev–Trinajstić information content (AvgIpc) is 3.35. The Bertz CT molecular complexity index is 1160. The molecule has 226 valence electrons. The number of piperidine rings is 1. The zero-order chi connectivity index (χ0) is 29.9. The van der Waals surface area contributed by atoms with Crippen molar-refractivity contribution in [1.82, 2.24) is 13.9 Å². The van der Waals surface area contributed by atoms with E-state index in [2.05, 4.69) is 32.1 Å². The first kappa shape index (κ1) is 33.0. The molecule has 1 N–H and O–H groups in total. The molecule has 0 saturated carbocycles. The van der Waals surface area contributed by atoms with E-state index in [0.717, 1.165) is 16.9 Å². The van der Waals surface area contributed by atoms with Crippen molar-refractivity contribution in [2.75, 3.05) is 32.8 Å². The van der Waals surface area contributed by atoms with E-state index >= 15 is 0 Å². The lowest BCUT2D eigenvalue weighted by molar-refractivity contribution is 0.0295. The second kappa shape index (κ2) is 13.2. The van der Waals surface area contributed by atoms with E-state index in [0.29, 0.717) is 50.5 Å². The predicted molar refractivity (Wildman–Crippen MR) is 165 cm³/mol. The van der Waals surface area contributed by atoms with E-state index in [1.807, 2.05) is 19.1 Å². The summed E-state index contributed by atoms with van der Waals surface area (Å²) in [5.74, 6) is 0.935. The first-order valence-corrected chi connectivity index (χ1v) is 16.7. The molecule has 2 fully saturated rings. The number of sulfonamides is 1. The number of nitrogens with one attached hydrogen (secondary N) is 1. The molecule has 2 aliphatic heterocycles. The molecule has 2 heterocycles. The smallest absolute Gasteiger partial charge is 0.410 e. The van der Waals surface area contributed by atoms with Gasteiger partial charge in [0, 0.05) is 47.6 Å². The number of ether oxygens (including phenoxy) is 2. The number of nitrogens with zero attached hydrogens (tertiary/aromatic N) is 2. The molecule has 0 radical (unpaired) electrons. The molecule has 40 heavy (non-hydrogen) atoms. The van der Waals surface area contributed by atoms with Gasteiger partial charge in [-0.3, -0.25) is 4.72 Å². The number of carbonyl (C=O) groups is 1. The van der Waals surface area contributed by atoms with Crippen LogP contribution in [-0.4, -0.2) is 72.1 Å². The van der Waals surface area contributed by atoms with E-state index in [9.17, 15) is 13.2 Å². The molecule has 11 heteroatoms. The number of halogens is 1. The fourth-order valence-corrected chi connectivity index (χ4v) is 7.86. The number of hydrogen-bond acceptors (Lipinski definition) is 7. The van der Waals surface area contributed by atoms with Gasteiger partial charge in [0.2, 0.25) is 10.0 Å². The quantitative estimate of drug-likeness (QED) is 0.256. The second-order valence-electron chi connectivity index (χ2n) is 12.7. The highest BCUT2D eigenvalue weighted by Gasteiger charge is 2.42. The highest BCUT2D eigenvalue weighted by Crippen LogP contribution is 2.41. The predicted octanol–water partition coefficient (Wildman–Crippen LogP) is 6.34. The van der Waals surface area contributed by atoms with E-state index in [1.165, 1.54) is 4.90 Å². The van der Waals surface area contributed by atoms with Crippen LogP contribution in [-0.2, 0) is 14.8 Å². The second-order valence-corrected chi connectivity index (χ2v) is 17.0. The summed E-state index contributed by atoms with van der Waals surface area (Å²) in [6, 6.07) is 3.86. The summed E-state index contributed by atoms with van der Waals surface area (Å²) in [6.07, 6.45) is 3.06. The number of amides is 1. The van der Waals surface area contributed by atoms with Crippen LogP contribution in [0.5, 0.6) is 5.75 Å². The maximum absolute atomic E-state index is 13.6. The van der Waals surface area contributed by atoms with E-state index < -0.39 is 27.0 Å². The normalized spacial score (nSPS) is 20.4. The zero-order valence-corrected chi connectivity index (χ0v) is 27.3. The largest absolute Gasteiger partial charge is 0.489 e. The molecule has 3 rings (SSSR count). The van der Waals surface area contributed by atoms with Gasteiger partial charge in [-0.25, -0.2) is 17.5 Å². The lowest BCUT2D eigenvalue weighted by atomic mass is 9.86. The minimum Gasteiger partial charge on any atom is -0.489 e. The molecule has 2 unspecified atom stereocenters. The molecule has 1 aromatic rings. The molecular weight excluding hydrogens is 570 g/mol. The number of aryl methyl sites for hydroxylation is 1. The Morgan fingerprint density at radius 3 is 2.40 bits per heavy atom. The number of rotatable bonds is 9. The lowest BCUT2D eigenvalue weighted by Gasteiger charge is -2.38. The van der Waals surface area contributed by atoms with Gasteiger partial charge in [0.25, 0.3) is 0 Å². The van der Waals surface area contributed by atoms with Crippen molar-refractivity contribution in [3.8, 4) is 5.75 Å². The molecule has 1 aromatic carbocycles. The van der Waals surface area contributed by atoms with Crippen molar-refractivity contribution >= 4 is 39.7 Å². The third kappa shape index (κ3) is 8.77. The van der Waals surface area contributed by atoms with Crippen LogP contribution >= 0.6 is 23.5 Å². The fourth-order valence-electron chi connectivity index (χ4n) is 4.98. The van der Waals surface area contributed by atoms with Gasteiger partial charge in [0.1, 0.15) is 18.0 Å². The first-order valence-electron chi connectivity index (χ1n) is 14.0. The summed E-state index contributed by atoms with van der Waals surface area (Å²) in [5.41, 5.74) is 1.29. The topological polar surface area (TPSA) is 88.2 Å². The third-order valence-corrected chi connectivity index (χ3v) is 10.7. The molecule has 0 aliphatic carbocycles. The fraction of sp³-hybridized carbons (Fsp3) is 0.690. The summed E-state index contributed by atoms with van der Waals surface area (Å²) in [6.45, 7) is 19.4.